The first-order valence-corrected chi connectivity index (χ1v) is 6.28. The summed E-state index contributed by atoms with van der Waals surface area (Å²) in [5, 5.41) is 13.8. The molecule has 3 amide bonds. The fourth-order valence-corrected chi connectivity index (χ4v) is 2.02. The summed E-state index contributed by atoms with van der Waals surface area (Å²) >= 11 is 5.81. The number of nitrogens with one attached hydrogen (secondary N) is 2. The predicted molar refractivity (Wildman–Crippen MR) is 71.6 cm³/mol. The van der Waals surface area contributed by atoms with Gasteiger partial charge in [-0.25, -0.2) is 14.0 Å². The largest absolute Gasteiger partial charge is 0.480 e. The summed E-state index contributed by atoms with van der Waals surface area (Å²) in [5.41, 5.74) is -0.00297. The molecule has 0 aliphatic carbocycles. The highest BCUT2D eigenvalue weighted by Crippen LogP contribution is 2.23. The first kappa shape index (κ1) is 15.0. The lowest BCUT2D eigenvalue weighted by molar-refractivity contribution is -0.144. The van der Waals surface area contributed by atoms with E-state index >= 15 is 0 Å². The minimum absolute atomic E-state index is 0.00297. The fourth-order valence-electron chi connectivity index (χ4n) is 1.86. The number of benzene rings is 1. The maximum Gasteiger partial charge on any atom is 0.328 e. The first-order valence-electron chi connectivity index (χ1n) is 5.90. The van der Waals surface area contributed by atoms with Crippen molar-refractivity contribution < 1.29 is 23.9 Å². The SMILES string of the molecule is O=C1CN(C(=O)Nc2cc(F)ccc2Cl)C(C(=O)O)CN1. The molecule has 1 aromatic carbocycles. The van der Waals surface area contributed by atoms with Crippen LogP contribution in [0.4, 0.5) is 14.9 Å². The van der Waals surface area contributed by atoms with Crippen molar-refractivity contribution in [2.45, 2.75) is 6.04 Å². The smallest absolute Gasteiger partial charge is 0.328 e. The van der Waals surface area contributed by atoms with Crippen LogP contribution in [0.5, 0.6) is 0 Å². The second-order valence-corrected chi connectivity index (χ2v) is 4.75. The van der Waals surface area contributed by atoms with Gasteiger partial charge in [-0.05, 0) is 18.2 Å². The molecule has 21 heavy (non-hydrogen) atoms. The molecule has 1 aromatic rings. The molecule has 1 heterocycles. The normalized spacial score (nSPS) is 18.1. The fraction of sp³-hybridized carbons (Fsp3) is 0.250. The van der Waals surface area contributed by atoms with Crippen LogP contribution in [0.1, 0.15) is 0 Å². The molecule has 1 fully saturated rings. The zero-order chi connectivity index (χ0) is 15.6. The number of carbonyl (C=O) groups is 3. The van der Waals surface area contributed by atoms with E-state index in [1.54, 1.807) is 0 Å². The number of carboxylic acids is 1. The van der Waals surface area contributed by atoms with Crippen molar-refractivity contribution in [3.63, 3.8) is 0 Å². The van der Waals surface area contributed by atoms with Gasteiger partial charge in [0.1, 0.15) is 18.4 Å². The first-order chi connectivity index (χ1) is 9.88. The van der Waals surface area contributed by atoms with Gasteiger partial charge in [-0.1, -0.05) is 11.6 Å². The molecule has 0 radical (unpaired) electrons. The number of hydrogen-bond donors (Lipinski definition) is 3. The maximum absolute atomic E-state index is 13.1. The second-order valence-electron chi connectivity index (χ2n) is 4.34. The number of anilines is 1. The van der Waals surface area contributed by atoms with Crippen molar-refractivity contribution in [3.8, 4) is 0 Å². The molecule has 1 atom stereocenters. The third-order valence-electron chi connectivity index (χ3n) is 2.90. The van der Waals surface area contributed by atoms with E-state index in [2.05, 4.69) is 10.6 Å². The Kier molecular flexibility index (Phi) is 4.27. The minimum atomic E-state index is -1.25. The van der Waals surface area contributed by atoms with Gasteiger partial charge in [0.15, 0.2) is 0 Å². The highest BCUT2D eigenvalue weighted by Gasteiger charge is 2.35. The molecule has 0 spiro atoms. The summed E-state index contributed by atoms with van der Waals surface area (Å²) in [6, 6.07) is 1.33. The van der Waals surface area contributed by atoms with E-state index in [4.69, 9.17) is 16.7 Å². The van der Waals surface area contributed by atoms with Crippen LogP contribution in [0, 0.1) is 5.82 Å². The van der Waals surface area contributed by atoms with Gasteiger partial charge in [-0.3, -0.25) is 9.69 Å². The quantitative estimate of drug-likeness (QED) is 0.755. The van der Waals surface area contributed by atoms with Gasteiger partial charge in [0.2, 0.25) is 5.91 Å². The van der Waals surface area contributed by atoms with Crippen molar-refractivity contribution >= 4 is 35.2 Å². The molecule has 1 saturated heterocycles. The molecule has 9 heteroatoms. The van der Waals surface area contributed by atoms with E-state index < -0.39 is 36.3 Å². The molecule has 0 bridgehead atoms. The molecule has 1 aliphatic rings. The summed E-state index contributed by atoms with van der Waals surface area (Å²) in [7, 11) is 0. The molecule has 7 nitrogen and oxygen atoms in total. The lowest BCUT2D eigenvalue weighted by Gasteiger charge is -2.32. The van der Waals surface area contributed by atoms with Crippen LogP contribution in [0.25, 0.3) is 0 Å². The topological polar surface area (TPSA) is 98.7 Å². The minimum Gasteiger partial charge on any atom is -0.480 e. The number of carboxylic acid groups (broad SMARTS) is 1. The number of urea groups is 1. The molecule has 2 rings (SSSR count). The third-order valence-corrected chi connectivity index (χ3v) is 3.23. The van der Waals surface area contributed by atoms with E-state index in [0.29, 0.717) is 0 Å². The average molecular weight is 316 g/mol. The van der Waals surface area contributed by atoms with Crippen molar-refractivity contribution in [1.82, 2.24) is 10.2 Å². The van der Waals surface area contributed by atoms with E-state index in [-0.39, 0.29) is 17.3 Å². The van der Waals surface area contributed by atoms with Crippen LogP contribution < -0.4 is 10.6 Å². The number of hydrogen-bond acceptors (Lipinski definition) is 3. The van der Waals surface area contributed by atoms with Gasteiger partial charge in [0.25, 0.3) is 0 Å². The molecule has 3 N–H and O–H groups in total. The van der Waals surface area contributed by atoms with E-state index in [1.807, 2.05) is 0 Å². The molecular formula is C12H11ClFN3O4. The maximum atomic E-state index is 13.1. The number of aliphatic carboxylic acids is 1. The zero-order valence-corrected chi connectivity index (χ0v) is 11.4. The summed E-state index contributed by atoms with van der Waals surface area (Å²) in [5.74, 6) is -2.34. The third kappa shape index (κ3) is 3.40. The summed E-state index contributed by atoms with van der Waals surface area (Å²) in [6.45, 7) is -0.603. The highest BCUT2D eigenvalue weighted by molar-refractivity contribution is 6.33. The standard InChI is InChI=1S/C12H11ClFN3O4/c13-7-2-1-6(14)3-8(7)16-12(21)17-5-10(18)15-4-9(17)11(19)20/h1-3,9H,4-5H2,(H,15,18)(H,16,21)(H,19,20). The number of rotatable bonds is 2. The number of piperazine rings is 1. The highest BCUT2D eigenvalue weighted by atomic mass is 35.5. The Morgan fingerprint density at radius 3 is 2.86 bits per heavy atom. The Labute approximate surface area is 123 Å². The molecule has 0 aromatic heterocycles. The summed E-state index contributed by atoms with van der Waals surface area (Å²) in [4.78, 5) is 35.3. The molecular weight excluding hydrogens is 305 g/mol. The van der Waals surface area contributed by atoms with E-state index in [0.717, 1.165) is 17.0 Å². The van der Waals surface area contributed by atoms with Gasteiger partial charge >= 0.3 is 12.0 Å². The Hall–Kier alpha value is -2.35. The van der Waals surface area contributed by atoms with Crippen molar-refractivity contribution in [2.24, 2.45) is 0 Å². The number of amides is 3. The van der Waals surface area contributed by atoms with Gasteiger partial charge in [0.05, 0.1) is 10.7 Å². The molecule has 1 aliphatic heterocycles. The Balaban J connectivity index is 2.19. The van der Waals surface area contributed by atoms with Gasteiger partial charge in [-0.2, -0.15) is 0 Å². The Morgan fingerprint density at radius 1 is 1.48 bits per heavy atom. The number of nitrogens with zero attached hydrogens (tertiary/aromatic N) is 1. The van der Waals surface area contributed by atoms with Crippen LogP contribution in [0.15, 0.2) is 18.2 Å². The van der Waals surface area contributed by atoms with Gasteiger partial charge in [0, 0.05) is 6.54 Å². The van der Waals surface area contributed by atoms with Crippen LogP contribution in [-0.2, 0) is 9.59 Å². The van der Waals surface area contributed by atoms with E-state index in [9.17, 15) is 18.8 Å². The van der Waals surface area contributed by atoms with Crippen molar-refractivity contribution in [2.75, 3.05) is 18.4 Å². The number of halogens is 2. The predicted octanol–water partition coefficient (Wildman–Crippen LogP) is 0.896. The van der Waals surface area contributed by atoms with Crippen molar-refractivity contribution in [1.29, 1.82) is 0 Å². The Bertz CT molecular complexity index is 610. The zero-order valence-electron chi connectivity index (χ0n) is 10.6. The lowest BCUT2D eigenvalue weighted by Crippen LogP contribution is -2.60. The lowest BCUT2D eigenvalue weighted by atomic mass is 10.2. The molecule has 0 saturated carbocycles. The summed E-state index contributed by atoms with van der Waals surface area (Å²) in [6.07, 6.45) is 0. The monoisotopic (exact) mass is 315 g/mol. The molecule has 112 valence electrons. The Morgan fingerprint density at radius 2 is 2.19 bits per heavy atom. The van der Waals surface area contributed by atoms with Gasteiger partial charge < -0.3 is 15.7 Å². The molecule has 1 unspecified atom stereocenters. The number of carbonyl (C=O) groups excluding carboxylic acids is 2. The van der Waals surface area contributed by atoms with Gasteiger partial charge in [-0.15, -0.1) is 0 Å². The summed E-state index contributed by atoms with van der Waals surface area (Å²) < 4.78 is 13.1. The van der Waals surface area contributed by atoms with Crippen molar-refractivity contribution in [3.05, 3.63) is 29.0 Å². The average Bonchev–Trinajstić information content (AvgIpc) is 2.42. The van der Waals surface area contributed by atoms with Crippen LogP contribution in [-0.4, -0.2) is 47.0 Å². The van der Waals surface area contributed by atoms with Crippen LogP contribution in [0.2, 0.25) is 5.02 Å². The van der Waals surface area contributed by atoms with Crippen LogP contribution in [0.3, 0.4) is 0 Å². The van der Waals surface area contributed by atoms with E-state index in [1.165, 1.54) is 6.07 Å². The van der Waals surface area contributed by atoms with Crippen LogP contribution >= 0.6 is 11.6 Å². The second kappa shape index (κ2) is 5.96.